The maximum absolute atomic E-state index is 12.6. The Labute approximate surface area is 164 Å². The Bertz CT molecular complexity index is 911. The molecule has 1 fully saturated rings. The van der Waals surface area contributed by atoms with Crippen LogP contribution in [-0.2, 0) is 10.0 Å². The Morgan fingerprint density at radius 1 is 1.26 bits per heavy atom. The maximum Gasteiger partial charge on any atom is 0.255 e. The molecule has 1 aromatic carbocycles. The number of pyridine rings is 1. The van der Waals surface area contributed by atoms with Crippen LogP contribution in [0.4, 0.5) is 0 Å². The number of nitrogens with one attached hydrogen (secondary N) is 1. The van der Waals surface area contributed by atoms with Crippen molar-refractivity contribution < 1.29 is 13.2 Å². The van der Waals surface area contributed by atoms with E-state index in [1.165, 1.54) is 0 Å². The lowest BCUT2D eigenvalue weighted by atomic mass is 9.97. The summed E-state index contributed by atoms with van der Waals surface area (Å²) in [7, 11) is -3.61. The van der Waals surface area contributed by atoms with Crippen LogP contribution >= 0.6 is 11.6 Å². The van der Waals surface area contributed by atoms with E-state index in [-0.39, 0.29) is 16.7 Å². The van der Waals surface area contributed by atoms with Crippen LogP contribution in [0.25, 0.3) is 0 Å². The molecular weight excluding hydrogens is 386 g/mol. The van der Waals surface area contributed by atoms with Gasteiger partial charge in [0.25, 0.3) is 5.91 Å². The summed E-state index contributed by atoms with van der Waals surface area (Å²) >= 11 is 6.03. The maximum atomic E-state index is 12.6. The van der Waals surface area contributed by atoms with Gasteiger partial charge < -0.3 is 4.90 Å². The molecular formula is C19H22ClN3O3S. The lowest BCUT2D eigenvalue weighted by Gasteiger charge is -2.32. The molecule has 6 nitrogen and oxygen atoms in total. The molecule has 2 heterocycles. The van der Waals surface area contributed by atoms with Crippen molar-refractivity contribution in [3.05, 3.63) is 58.9 Å². The first kappa shape index (κ1) is 19.8. The molecule has 1 aliphatic heterocycles. The van der Waals surface area contributed by atoms with Crippen LogP contribution in [0.15, 0.2) is 47.6 Å². The summed E-state index contributed by atoms with van der Waals surface area (Å²) in [5.74, 6) is 0.161. The van der Waals surface area contributed by atoms with E-state index in [0.717, 1.165) is 12.8 Å². The number of halogens is 1. The largest absolute Gasteiger partial charge is 0.339 e. The quantitative estimate of drug-likeness (QED) is 0.826. The first-order valence-corrected chi connectivity index (χ1v) is 10.7. The Hall–Kier alpha value is -1.96. The lowest BCUT2D eigenvalue weighted by Crippen LogP contribution is -2.41. The third-order valence-electron chi connectivity index (χ3n) is 4.88. The third-order valence-corrected chi connectivity index (χ3v) is 6.86. The summed E-state index contributed by atoms with van der Waals surface area (Å²) in [6, 6.07) is 8.35. The van der Waals surface area contributed by atoms with Gasteiger partial charge in [0.05, 0.1) is 10.5 Å². The molecule has 0 atom stereocenters. The van der Waals surface area contributed by atoms with Gasteiger partial charge in [-0.05, 0) is 55.5 Å². The Kier molecular flexibility index (Phi) is 6.14. The van der Waals surface area contributed by atoms with Crippen LogP contribution in [0.2, 0.25) is 5.02 Å². The molecule has 0 unspecified atom stereocenters. The van der Waals surface area contributed by atoms with Crippen molar-refractivity contribution >= 4 is 27.5 Å². The number of carbonyl (C=O) groups is 1. The minimum atomic E-state index is -3.61. The summed E-state index contributed by atoms with van der Waals surface area (Å²) in [5, 5.41) is 0.431. The highest BCUT2D eigenvalue weighted by molar-refractivity contribution is 7.89. The van der Waals surface area contributed by atoms with Gasteiger partial charge in [-0.1, -0.05) is 17.7 Å². The van der Waals surface area contributed by atoms with Gasteiger partial charge in [-0.25, -0.2) is 13.1 Å². The molecule has 0 bridgehead atoms. The van der Waals surface area contributed by atoms with E-state index in [9.17, 15) is 13.2 Å². The van der Waals surface area contributed by atoms with E-state index in [4.69, 9.17) is 11.6 Å². The Balaban J connectivity index is 1.55. The smallest absolute Gasteiger partial charge is 0.255 e. The average molecular weight is 408 g/mol. The molecule has 144 valence electrons. The van der Waals surface area contributed by atoms with Crippen molar-refractivity contribution in [2.24, 2.45) is 5.92 Å². The fraction of sp³-hybridized carbons (Fsp3) is 0.368. The molecule has 1 aromatic heterocycles. The fourth-order valence-corrected chi connectivity index (χ4v) is 4.81. The molecule has 1 aliphatic rings. The summed E-state index contributed by atoms with van der Waals surface area (Å²) < 4.78 is 27.8. The highest BCUT2D eigenvalue weighted by Gasteiger charge is 2.25. The highest BCUT2D eigenvalue weighted by Crippen LogP contribution is 2.23. The molecule has 0 radical (unpaired) electrons. The number of aromatic nitrogens is 1. The number of likely N-dealkylation sites (tertiary alicyclic amines) is 1. The van der Waals surface area contributed by atoms with E-state index in [0.29, 0.717) is 35.8 Å². The predicted molar refractivity (Wildman–Crippen MR) is 104 cm³/mol. The number of carbonyl (C=O) groups excluding carboxylic acids is 1. The first-order valence-electron chi connectivity index (χ1n) is 8.82. The molecule has 8 heteroatoms. The number of rotatable bonds is 5. The topological polar surface area (TPSA) is 79.4 Å². The molecule has 2 aromatic rings. The van der Waals surface area contributed by atoms with Gasteiger partial charge in [0.15, 0.2) is 0 Å². The molecule has 0 aliphatic carbocycles. The van der Waals surface area contributed by atoms with Crippen molar-refractivity contribution in [2.45, 2.75) is 24.7 Å². The average Bonchev–Trinajstić information content (AvgIpc) is 2.69. The molecule has 3 rings (SSSR count). The van der Waals surface area contributed by atoms with Gasteiger partial charge in [-0.3, -0.25) is 9.78 Å². The van der Waals surface area contributed by atoms with Crippen molar-refractivity contribution in [2.75, 3.05) is 19.6 Å². The normalized spacial score (nSPS) is 15.7. The summed E-state index contributed by atoms with van der Waals surface area (Å²) in [5.41, 5.74) is 1.12. The van der Waals surface area contributed by atoms with Crippen molar-refractivity contribution in [1.82, 2.24) is 14.6 Å². The minimum absolute atomic E-state index is 0.0308. The van der Waals surface area contributed by atoms with Crippen LogP contribution < -0.4 is 4.72 Å². The van der Waals surface area contributed by atoms with Crippen LogP contribution in [0, 0.1) is 12.8 Å². The molecule has 0 saturated carbocycles. The summed E-state index contributed by atoms with van der Waals surface area (Å²) in [6.45, 7) is 3.26. The third kappa shape index (κ3) is 4.66. The Morgan fingerprint density at radius 3 is 2.67 bits per heavy atom. The van der Waals surface area contributed by atoms with Gasteiger partial charge in [0, 0.05) is 37.1 Å². The van der Waals surface area contributed by atoms with E-state index >= 15 is 0 Å². The van der Waals surface area contributed by atoms with Gasteiger partial charge in [0.1, 0.15) is 0 Å². The van der Waals surface area contributed by atoms with Crippen LogP contribution in [0.3, 0.4) is 0 Å². The molecule has 1 saturated heterocycles. The van der Waals surface area contributed by atoms with Crippen molar-refractivity contribution in [1.29, 1.82) is 0 Å². The number of hydrogen-bond acceptors (Lipinski definition) is 4. The van der Waals surface area contributed by atoms with E-state index in [2.05, 4.69) is 9.71 Å². The second-order valence-electron chi connectivity index (χ2n) is 6.69. The molecule has 0 spiro atoms. The lowest BCUT2D eigenvalue weighted by molar-refractivity contribution is 0.0691. The monoisotopic (exact) mass is 407 g/mol. The molecule has 1 N–H and O–H groups in total. The van der Waals surface area contributed by atoms with Crippen LogP contribution in [-0.4, -0.2) is 43.8 Å². The standard InChI is InChI=1S/C19H22ClN3O3S/c1-14-17(20)5-2-6-18(14)27(25,26)22-12-15-7-10-23(11-8-15)19(24)16-4-3-9-21-13-16/h2-6,9,13,15,22H,7-8,10-12H2,1H3. The SMILES string of the molecule is Cc1c(Cl)cccc1S(=O)(=O)NCC1CCN(C(=O)c2cccnc2)CC1. The second-order valence-corrected chi connectivity index (χ2v) is 8.83. The van der Waals surface area contributed by atoms with E-state index < -0.39 is 10.0 Å². The number of sulfonamides is 1. The van der Waals surface area contributed by atoms with Gasteiger partial charge in [0.2, 0.25) is 10.0 Å². The summed E-state index contributed by atoms with van der Waals surface area (Å²) in [6.07, 6.45) is 4.71. The van der Waals surface area contributed by atoms with E-state index in [1.54, 1.807) is 54.5 Å². The van der Waals surface area contributed by atoms with E-state index in [1.807, 2.05) is 0 Å². The van der Waals surface area contributed by atoms with Crippen molar-refractivity contribution in [3.63, 3.8) is 0 Å². The first-order chi connectivity index (χ1) is 12.9. The highest BCUT2D eigenvalue weighted by atomic mass is 35.5. The number of benzene rings is 1. The zero-order valence-corrected chi connectivity index (χ0v) is 16.6. The summed E-state index contributed by atoms with van der Waals surface area (Å²) in [4.78, 5) is 18.4. The zero-order chi connectivity index (χ0) is 19.4. The molecule has 1 amide bonds. The minimum Gasteiger partial charge on any atom is -0.339 e. The van der Waals surface area contributed by atoms with Crippen LogP contribution in [0.1, 0.15) is 28.8 Å². The second kappa shape index (κ2) is 8.37. The predicted octanol–water partition coefficient (Wildman–Crippen LogP) is 2.87. The van der Waals surface area contributed by atoms with Crippen molar-refractivity contribution in [3.8, 4) is 0 Å². The number of hydrogen-bond donors (Lipinski definition) is 1. The van der Waals surface area contributed by atoms with Gasteiger partial charge in [-0.15, -0.1) is 0 Å². The number of nitrogens with zero attached hydrogens (tertiary/aromatic N) is 2. The number of amides is 1. The molecule has 27 heavy (non-hydrogen) atoms. The van der Waals surface area contributed by atoms with Gasteiger partial charge in [-0.2, -0.15) is 0 Å². The number of piperidine rings is 1. The van der Waals surface area contributed by atoms with Crippen LogP contribution in [0.5, 0.6) is 0 Å². The zero-order valence-electron chi connectivity index (χ0n) is 15.1. The Morgan fingerprint density at radius 2 is 2.00 bits per heavy atom. The van der Waals surface area contributed by atoms with Gasteiger partial charge >= 0.3 is 0 Å². The fourth-order valence-electron chi connectivity index (χ4n) is 3.20.